The Labute approximate surface area is 112 Å². The lowest BCUT2D eigenvalue weighted by Gasteiger charge is -2.10. The highest BCUT2D eigenvalue weighted by molar-refractivity contribution is 6.02. The van der Waals surface area contributed by atoms with E-state index >= 15 is 0 Å². The second kappa shape index (κ2) is 7.07. The van der Waals surface area contributed by atoms with Gasteiger partial charge < -0.3 is 14.8 Å². The largest absolute Gasteiger partial charge is 0.493 e. The normalized spacial score (nSPS) is 10.5. The van der Waals surface area contributed by atoms with E-state index < -0.39 is 5.91 Å². The van der Waals surface area contributed by atoms with Crippen molar-refractivity contribution in [2.45, 2.75) is 6.92 Å². The molecule has 0 radical (unpaired) electrons. The molecule has 1 aromatic rings. The summed E-state index contributed by atoms with van der Waals surface area (Å²) in [5, 5.41) is 11.6. The van der Waals surface area contributed by atoms with Crippen LogP contribution in [0.25, 0.3) is 6.08 Å². The first-order chi connectivity index (χ1) is 9.17. The van der Waals surface area contributed by atoms with Crippen LogP contribution in [0, 0.1) is 11.3 Å². The Kier molecular flexibility index (Phi) is 5.42. The Bertz CT molecular complexity index is 530. The molecule has 1 N–H and O–H groups in total. The van der Waals surface area contributed by atoms with Crippen molar-refractivity contribution >= 4 is 12.0 Å². The van der Waals surface area contributed by atoms with E-state index in [1.807, 2.05) is 6.07 Å². The molecular formula is C14H16N2O3. The summed E-state index contributed by atoms with van der Waals surface area (Å²) in [4.78, 5) is 11.7. The van der Waals surface area contributed by atoms with Gasteiger partial charge in [-0.15, -0.1) is 0 Å². The average Bonchev–Trinajstić information content (AvgIpc) is 2.44. The van der Waals surface area contributed by atoms with Crippen molar-refractivity contribution in [3.05, 3.63) is 29.3 Å². The average molecular weight is 260 g/mol. The zero-order valence-corrected chi connectivity index (χ0v) is 11.2. The maximum Gasteiger partial charge on any atom is 0.261 e. The third-order valence-electron chi connectivity index (χ3n) is 2.44. The summed E-state index contributed by atoms with van der Waals surface area (Å²) < 4.78 is 10.4. The van der Waals surface area contributed by atoms with Crippen LogP contribution < -0.4 is 14.8 Å². The fourth-order valence-electron chi connectivity index (χ4n) is 1.59. The fourth-order valence-corrected chi connectivity index (χ4v) is 1.59. The maximum atomic E-state index is 11.7. The molecule has 0 saturated heterocycles. The van der Waals surface area contributed by atoms with E-state index in [4.69, 9.17) is 14.7 Å². The van der Waals surface area contributed by atoms with Gasteiger partial charge in [-0.1, -0.05) is 12.1 Å². The summed E-state index contributed by atoms with van der Waals surface area (Å²) >= 11 is 0. The van der Waals surface area contributed by atoms with E-state index in [0.29, 0.717) is 23.6 Å². The summed E-state index contributed by atoms with van der Waals surface area (Å²) in [5.41, 5.74) is 0.637. The quantitative estimate of drug-likeness (QED) is 0.646. The Hall–Kier alpha value is -2.48. The van der Waals surface area contributed by atoms with E-state index in [-0.39, 0.29) is 5.57 Å². The smallest absolute Gasteiger partial charge is 0.261 e. The van der Waals surface area contributed by atoms with Crippen LogP contribution in [-0.4, -0.2) is 26.7 Å². The molecule has 0 aliphatic rings. The molecule has 5 nitrogen and oxygen atoms in total. The zero-order valence-electron chi connectivity index (χ0n) is 11.2. The molecule has 5 heteroatoms. The number of hydrogen-bond acceptors (Lipinski definition) is 4. The molecule has 0 saturated carbocycles. The van der Waals surface area contributed by atoms with Crippen LogP contribution in [0.5, 0.6) is 11.5 Å². The molecule has 0 aromatic heterocycles. The number of hydrogen-bond donors (Lipinski definition) is 1. The van der Waals surface area contributed by atoms with Gasteiger partial charge in [0.05, 0.1) is 14.2 Å². The minimum atomic E-state index is -0.408. The van der Waals surface area contributed by atoms with Gasteiger partial charge in [-0.2, -0.15) is 5.26 Å². The van der Waals surface area contributed by atoms with Gasteiger partial charge in [0.25, 0.3) is 5.91 Å². The van der Waals surface area contributed by atoms with E-state index in [1.165, 1.54) is 20.3 Å². The van der Waals surface area contributed by atoms with Crippen LogP contribution in [0.15, 0.2) is 23.8 Å². The topological polar surface area (TPSA) is 71.4 Å². The Morgan fingerprint density at radius 1 is 1.42 bits per heavy atom. The van der Waals surface area contributed by atoms with E-state index in [9.17, 15) is 4.79 Å². The third kappa shape index (κ3) is 3.49. The molecule has 0 aliphatic carbocycles. The molecule has 0 bridgehead atoms. The van der Waals surface area contributed by atoms with Gasteiger partial charge in [0.2, 0.25) is 0 Å². The van der Waals surface area contributed by atoms with Crippen LogP contribution >= 0.6 is 0 Å². The number of carbonyl (C=O) groups is 1. The molecule has 19 heavy (non-hydrogen) atoms. The second-order valence-electron chi connectivity index (χ2n) is 3.61. The maximum absolute atomic E-state index is 11.7. The lowest BCUT2D eigenvalue weighted by Crippen LogP contribution is -2.23. The highest BCUT2D eigenvalue weighted by atomic mass is 16.5. The van der Waals surface area contributed by atoms with Crippen molar-refractivity contribution in [2.24, 2.45) is 0 Å². The number of para-hydroxylation sites is 1. The van der Waals surface area contributed by atoms with Crippen LogP contribution in [0.4, 0.5) is 0 Å². The molecule has 0 fully saturated rings. The molecule has 0 spiro atoms. The van der Waals surface area contributed by atoms with Crippen LogP contribution in [0.3, 0.4) is 0 Å². The summed E-state index contributed by atoms with van der Waals surface area (Å²) in [6, 6.07) is 7.13. The highest BCUT2D eigenvalue weighted by Gasteiger charge is 2.12. The Morgan fingerprint density at radius 2 is 2.16 bits per heavy atom. The number of nitrogens with zero attached hydrogens (tertiary/aromatic N) is 1. The zero-order chi connectivity index (χ0) is 14.3. The lowest BCUT2D eigenvalue weighted by molar-refractivity contribution is -0.116. The number of benzene rings is 1. The minimum absolute atomic E-state index is 0.0217. The number of carbonyl (C=O) groups excluding carboxylic acids is 1. The summed E-state index contributed by atoms with van der Waals surface area (Å²) in [7, 11) is 3.04. The predicted molar refractivity (Wildman–Crippen MR) is 71.8 cm³/mol. The number of likely N-dealkylation sites (N-methyl/N-ethyl adjacent to an activating group) is 1. The van der Waals surface area contributed by atoms with Crippen molar-refractivity contribution < 1.29 is 14.3 Å². The number of nitrogens with one attached hydrogen (secondary N) is 1. The SMILES string of the molecule is CCNC(=O)/C(C#N)=C\c1cccc(OC)c1OC. The molecule has 1 aromatic carbocycles. The number of amides is 1. The Morgan fingerprint density at radius 3 is 2.68 bits per heavy atom. The van der Waals surface area contributed by atoms with Crippen LogP contribution in [-0.2, 0) is 4.79 Å². The lowest BCUT2D eigenvalue weighted by atomic mass is 10.1. The molecule has 1 amide bonds. The van der Waals surface area contributed by atoms with Gasteiger partial charge >= 0.3 is 0 Å². The van der Waals surface area contributed by atoms with Crippen LogP contribution in [0.1, 0.15) is 12.5 Å². The van der Waals surface area contributed by atoms with Gasteiger partial charge in [0.1, 0.15) is 11.6 Å². The fraction of sp³-hybridized carbons (Fsp3) is 0.286. The van der Waals surface area contributed by atoms with Crippen molar-refractivity contribution in [2.75, 3.05) is 20.8 Å². The van der Waals surface area contributed by atoms with Crippen LogP contribution in [0.2, 0.25) is 0 Å². The first kappa shape index (κ1) is 14.6. The highest BCUT2D eigenvalue weighted by Crippen LogP contribution is 2.32. The van der Waals surface area contributed by atoms with Crippen molar-refractivity contribution in [1.29, 1.82) is 5.26 Å². The van der Waals surface area contributed by atoms with E-state index in [2.05, 4.69) is 5.32 Å². The first-order valence-corrected chi connectivity index (χ1v) is 5.78. The summed E-state index contributed by atoms with van der Waals surface area (Å²) in [5.74, 6) is 0.626. The molecule has 0 atom stereocenters. The monoisotopic (exact) mass is 260 g/mol. The second-order valence-corrected chi connectivity index (χ2v) is 3.61. The molecule has 100 valence electrons. The van der Waals surface area contributed by atoms with Gasteiger partial charge in [0, 0.05) is 12.1 Å². The summed E-state index contributed by atoms with van der Waals surface area (Å²) in [6.07, 6.45) is 1.48. The Balaban J connectivity index is 3.22. The molecule has 0 aliphatic heterocycles. The van der Waals surface area contributed by atoms with Gasteiger partial charge in [-0.3, -0.25) is 4.79 Å². The summed E-state index contributed by atoms with van der Waals surface area (Å²) in [6.45, 7) is 2.26. The number of methoxy groups -OCH3 is 2. The number of ether oxygens (including phenoxy) is 2. The number of rotatable bonds is 5. The number of nitriles is 1. The van der Waals surface area contributed by atoms with Crippen molar-refractivity contribution in [1.82, 2.24) is 5.32 Å². The molecule has 0 unspecified atom stereocenters. The van der Waals surface area contributed by atoms with E-state index in [1.54, 1.807) is 25.1 Å². The van der Waals surface area contributed by atoms with Gasteiger partial charge in [-0.05, 0) is 19.1 Å². The van der Waals surface area contributed by atoms with Gasteiger partial charge in [-0.25, -0.2) is 0 Å². The predicted octanol–water partition coefficient (Wildman–Crippen LogP) is 1.75. The van der Waals surface area contributed by atoms with Crippen molar-refractivity contribution in [3.8, 4) is 17.6 Å². The first-order valence-electron chi connectivity index (χ1n) is 5.78. The minimum Gasteiger partial charge on any atom is -0.493 e. The third-order valence-corrected chi connectivity index (χ3v) is 2.44. The van der Waals surface area contributed by atoms with E-state index in [0.717, 1.165) is 0 Å². The van der Waals surface area contributed by atoms with Gasteiger partial charge in [0.15, 0.2) is 11.5 Å². The standard InChI is InChI=1S/C14H16N2O3/c1-4-16-14(17)11(9-15)8-10-6-5-7-12(18-2)13(10)19-3/h5-8H,4H2,1-3H3,(H,16,17)/b11-8-. The molecule has 1 rings (SSSR count). The molecule has 0 heterocycles. The van der Waals surface area contributed by atoms with Crippen molar-refractivity contribution in [3.63, 3.8) is 0 Å². The molecular weight excluding hydrogens is 244 g/mol.